The number of imidazole rings is 1. The number of ether oxygens (including phenoxy) is 1. The number of aromatic amines is 1. The van der Waals surface area contributed by atoms with Crippen LogP contribution in [0.1, 0.15) is 29.2 Å². The molecule has 1 atom stereocenters. The van der Waals surface area contributed by atoms with Crippen LogP contribution in [0.2, 0.25) is 0 Å². The molecule has 2 heterocycles. The lowest BCUT2D eigenvalue weighted by atomic mass is 10.3. The third-order valence-electron chi connectivity index (χ3n) is 3.51. The molecule has 0 radical (unpaired) electrons. The van der Waals surface area contributed by atoms with Crippen molar-refractivity contribution < 1.29 is 14.3 Å². The zero-order valence-corrected chi connectivity index (χ0v) is 16.2. The van der Waals surface area contributed by atoms with E-state index in [1.54, 1.807) is 20.8 Å². The molecule has 3 aromatic rings. The number of carbonyl (C=O) groups is 2. The number of esters is 1. The molecule has 0 saturated heterocycles. The molecular weight excluding hydrogens is 372 g/mol. The van der Waals surface area contributed by atoms with Gasteiger partial charge in [0.25, 0.3) is 0 Å². The molecule has 9 heteroatoms. The predicted molar refractivity (Wildman–Crippen MR) is 103 cm³/mol. The number of thioether (sulfide) groups is 1. The Morgan fingerprint density at radius 1 is 1.35 bits per heavy atom. The Balaban J connectivity index is 1.65. The molecule has 1 unspecified atom stereocenters. The first-order valence-corrected chi connectivity index (χ1v) is 9.74. The second kappa shape index (κ2) is 7.88. The van der Waals surface area contributed by atoms with Gasteiger partial charge >= 0.3 is 5.97 Å². The lowest BCUT2D eigenvalue weighted by Gasteiger charge is -2.08. The number of rotatable bonds is 6. The molecule has 2 N–H and O–H groups in total. The lowest BCUT2D eigenvalue weighted by Crippen LogP contribution is -2.22. The van der Waals surface area contributed by atoms with Crippen molar-refractivity contribution in [3.05, 3.63) is 34.8 Å². The quantitative estimate of drug-likeness (QED) is 0.493. The van der Waals surface area contributed by atoms with E-state index >= 15 is 0 Å². The van der Waals surface area contributed by atoms with Crippen LogP contribution in [0.25, 0.3) is 11.0 Å². The Hall–Kier alpha value is -2.39. The van der Waals surface area contributed by atoms with E-state index in [0.717, 1.165) is 22.4 Å². The largest absolute Gasteiger partial charge is 0.462 e. The number of hydrogen-bond acceptors (Lipinski definition) is 7. The summed E-state index contributed by atoms with van der Waals surface area (Å²) >= 11 is 2.44. The van der Waals surface area contributed by atoms with Crippen molar-refractivity contribution >= 4 is 51.1 Å². The van der Waals surface area contributed by atoms with Crippen LogP contribution in [0, 0.1) is 6.92 Å². The minimum atomic E-state index is -0.423. The Bertz CT molecular complexity index is 918. The first kappa shape index (κ1) is 18.4. The van der Waals surface area contributed by atoms with Crippen LogP contribution in [-0.4, -0.2) is 38.7 Å². The number of fused-ring (bicyclic) bond motifs is 1. The summed E-state index contributed by atoms with van der Waals surface area (Å²) in [7, 11) is 0. The van der Waals surface area contributed by atoms with Gasteiger partial charge in [0.15, 0.2) is 10.3 Å². The van der Waals surface area contributed by atoms with Gasteiger partial charge in [0.05, 0.1) is 28.6 Å². The summed E-state index contributed by atoms with van der Waals surface area (Å²) in [5.41, 5.74) is 2.33. The molecule has 0 saturated carbocycles. The van der Waals surface area contributed by atoms with Crippen molar-refractivity contribution in [2.24, 2.45) is 0 Å². The Morgan fingerprint density at radius 3 is 2.85 bits per heavy atom. The van der Waals surface area contributed by atoms with Crippen LogP contribution in [0.15, 0.2) is 29.4 Å². The van der Waals surface area contributed by atoms with Gasteiger partial charge in [-0.25, -0.2) is 14.8 Å². The normalized spacial score (nSPS) is 12.1. The van der Waals surface area contributed by atoms with Crippen LogP contribution in [0.3, 0.4) is 0 Å². The van der Waals surface area contributed by atoms with Crippen molar-refractivity contribution in [3.63, 3.8) is 0 Å². The number of H-pyrrole nitrogens is 1. The van der Waals surface area contributed by atoms with Gasteiger partial charge in [0, 0.05) is 0 Å². The Kier molecular flexibility index (Phi) is 5.58. The van der Waals surface area contributed by atoms with Crippen molar-refractivity contribution in [1.29, 1.82) is 0 Å². The standard InChI is InChI=1S/C17H18N4O3S2/c1-4-24-15(23)13-9(2)18-16(26-13)21-14(22)10(3)25-17-19-11-7-5-6-8-12(11)20-17/h5-8,10H,4H2,1-3H3,(H,19,20)(H,18,21,22). The fourth-order valence-corrected chi connectivity index (χ4v) is 3.93. The van der Waals surface area contributed by atoms with Gasteiger partial charge in [-0.05, 0) is 32.9 Å². The molecule has 3 rings (SSSR count). The van der Waals surface area contributed by atoms with E-state index in [1.807, 2.05) is 24.3 Å². The molecule has 2 aromatic heterocycles. The molecule has 0 aliphatic rings. The van der Waals surface area contributed by atoms with Gasteiger partial charge in [-0.3, -0.25) is 4.79 Å². The van der Waals surface area contributed by atoms with Gasteiger partial charge < -0.3 is 15.0 Å². The van der Waals surface area contributed by atoms with Gasteiger partial charge in [0.2, 0.25) is 5.91 Å². The maximum atomic E-state index is 12.4. The molecule has 1 aromatic carbocycles. The average Bonchev–Trinajstić information content (AvgIpc) is 3.17. The molecule has 0 aliphatic heterocycles. The van der Waals surface area contributed by atoms with Crippen LogP contribution in [0.4, 0.5) is 5.13 Å². The number of para-hydroxylation sites is 2. The first-order chi connectivity index (χ1) is 12.5. The van der Waals surface area contributed by atoms with E-state index in [4.69, 9.17) is 4.74 Å². The van der Waals surface area contributed by atoms with Gasteiger partial charge in [-0.15, -0.1) is 0 Å². The number of aryl methyl sites for hydroxylation is 1. The summed E-state index contributed by atoms with van der Waals surface area (Å²) in [6, 6.07) is 7.69. The summed E-state index contributed by atoms with van der Waals surface area (Å²) < 4.78 is 4.98. The molecule has 0 aliphatic carbocycles. The van der Waals surface area contributed by atoms with E-state index in [2.05, 4.69) is 20.3 Å². The van der Waals surface area contributed by atoms with E-state index < -0.39 is 5.97 Å². The van der Waals surface area contributed by atoms with E-state index in [0.29, 0.717) is 27.5 Å². The molecule has 0 fully saturated rings. The second-order valence-electron chi connectivity index (χ2n) is 5.46. The lowest BCUT2D eigenvalue weighted by molar-refractivity contribution is -0.115. The average molecular weight is 390 g/mol. The molecule has 0 spiro atoms. The van der Waals surface area contributed by atoms with Gasteiger partial charge in [-0.1, -0.05) is 35.2 Å². The fourth-order valence-electron chi connectivity index (χ4n) is 2.25. The number of aromatic nitrogens is 3. The number of nitrogens with zero attached hydrogens (tertiary/aromatic N) is 2. The summed E-state index contributed by atoms with van der Waals surface area (Å²) in [5, 5.41) is 3.43. The Morgan fingerprint density at radius 2 is 2.12 bits per heavy atom. The van der Waals surface area contributed by atoms with Gasteiger partial charge in [-0.2, -0.15) is 0 Å². The summed E-state index contributed by atoms with van der Waals surface area (Å²) in [6.07, 6.45) is 0. The third kappa shape index (κ3) is 4.05. The molecule has 26 heavy (non-hydrogen) atoms. The molecular formula is C17H18N4O3S2. The molecule has 7 nitrogen and oxygen atoms in total. The van der Waals surface area contributed by atoms with Crippen molar-refractivity contribution in [2.75, 3.05) is 11.9 Å². The number of benzene rings is 1. The Labute approximate surface area is 158 Å². The SMILES string of the molecule is CCOC(=O)c1sc(NC(=O)C(C)Sc2nc3ccccc3[nH]2)nc1C. The number of thiazole rings is 1. The van der Waals surface area contributed by atoms with Crippen LogP contribution in [0.5, 0.6) is 0 Å². The molecule has 0 bridgehead atoms. The van der Waals surface area contributed by atoms with Crippen molar-refractivity contribution in [3.8, 4) is 0 Å². The predicted octanol–water partition coefficient (Wildman–Crippen LogP) is 3.62. The number of hydrogen-bond donors (Lipinski definition) is 2. The van der Waals surface area contributed by atoms with Crippen LogP contribution in [-0.2, 0) is 9.53 Å². The van der Waals surface area contributed by atoms with Crippen LogP contribution >= 0.6 is 23.1 Å². The monoisotopic (exact) mass is 390 g/mol. The maximum absolute atomic E-state index is 12.4. The minimum absolute atomic E-state index is 0.209. The van der Waals surface area contributed by atoms with Crippen molar-refractivity contribution in [2.45, 2.75) is 31.2 Å². The second-order valence-corrected chi connectivity index (χ2v) is 7.79. The number of carbonyl (C=O) groups excluding carboxylic acids is 2. The number of nitrogens with one attached hydrogen (secondary N) is 2. The third-order valence-corrected chi connectivity index (χ3v) is 5.55. The number of anilines is 1. The summed E-state index contributed by atoms with van der Waals surface area (Å²) in [4.78, 5) is 36.5. The topological polar surface area (TPSA) is 97.0 Å². The zero-order valence-electron chi connectivity index (χ0n) is 14.5. The highest BCUT2D eigenvalue weighted by molar-refractivity contribution is 8.00. The van der Waals surface area contributed by atoms with Crippen LogP contribution < -0.4 is 5.32 Å². The van der Waals surface area contributed by atoms with E-state index in [1.165, 1.54) is 11.8 Å². The molecule has 136 valence electrons. The highest BCUT2D eigenvalue weighted by atomic mass is 32.2. The minimum Gasteiger partial charge on any atom is -0.462 e. The smallest absolute Gasteiger partial charge is 0.350 e. The van der Waals surface area contributed by atoms with E-state index in [-0.39, 0.29) is 11.2 Å². The number of amides is 1. The highest BCUT2D eigenvalue weighted by Gasteiger charge is 2.21. The summed E-state index contributed by atoms with van der Waals surface area (Å²) in [6.45, 7) is 5.54. The maximum Gasteiger partial charge on any atom is 0.350 e. The highest BCUT2D eigenvalue weighted by Crippen LogP contribution is 2.27. The zero-order chi connectivity index (χ0) is 18.7. The van der Waals surface area contributed by atoms with Crippen molar-refractivity contribution in [1.82, 2.24) is 15.0 Å². The summed E-state index contributed by atoms with van der Waals surface area (Å²) in [5.74, 6) is -0.632. The van der Waals surface area contributed by atoms with Gasteiger partial charge in [0.1, 0.15) is 4.88 Å². The first-order valence-electron chi connectivity index (χ1n) is 8.04. The molecule has 1 amide bonds. The fraction of sp³-hybridized carbons (Fsp3) is 0.294. The van der Waals surface area contributed by atoms with E-state index in [9.17, 15) is 9.59 Å².